The molecule has 4 heteroatoms. The zero-order valence-electron chi connectivity index (χ0n) is 9.55. The van der Waals surface area contributed by atoms with Crippen molar-refractivity contribution in [3.05, 3.63) is 29.8 Å². The summed E-state index contributed by atoms with van der Waals surface area (Å²) in [7, 11) is 0. The van der Waals surface area contributed by atoms with Gasteiger partial charge in [0.2, 0.25) is 0 Å². The molecule has 0 radical (unpaired) electrons. The fourth-order valence-corrected chi connectivity index (χ4v) is 2.56. The third-order valence-corrected chi connectivity index (χ3v) is 3.50. The maximum atomic E-state index is 9.73. The normalized spacial score (nSPS) is 28.3. The summed E-state index contributed by atoms with van der Waals surface area (Å²) in [5.74, 6) is 0.831. The summed E-state index contributed by atoms with van der Waals surface area (Å²) in [6.45, 7) is 0.478. The summed E-state index contributed by atoms with van der Waals surface area (Å²) < 4.78 is 5.62. The Morgan fingerprint density at radius 3 is 2.82 bits per heavy atom. The van der Waals surface area contributed by atoms with Gasteiger partial charge in [-0.1, -0.05) is 12.1 Å². The van der Waals surface area contributed by atoms with Crippen LogP contribution in [0.3, 0.4) is 0 Å². The molecule has 1 fully saturated rings. The maximum Gasteiger partial charge on any atom is 0.119 e. The van der Waals surface area contributed by atoms with Crippen LogP contribution in [0.15, 0.2) is 24.3 Å². The second kappa shape index (κ2) is 5.71. The molecule has 0 aliphatic heterocycles. The summed E-state index contributed by atoms with van der Waals surface area (Å²) in [5.41, 5.74) is 0.824. The molecule has 0 bridgehead atoms. The van der Waals surface area contributed by atoms with Crippen molar-refractivity contribution in [1.82, 2.24) is 0 Å². The van der Waals surface area contributed by atoms with Gasteiger partial charge in [-0.05, 0) is 30.5 Å². The molecular weight excluding hydrogens is 240 g/mol. The molecule has 3 atom stereocenters. The largest absolute Gasteiger partial charge is 0.493 e. The van der Waals surface area contributed by atoms with Crippen molar-refractivity contribution in [3.63, 3.8) is 0 Å². The van der Waals surface area contributed by atoms with E-state index in [9.17, 15) is 5.11 Å². The third kappa shape index (κ3) is 3.35. The lowest BCUT2D eigenvalue weighted by Crippen LogP contribution is -2.20. The van der Waals surface area contributed by atoms with Gasteiger partial charge in [-0.3, -0.25) is 0 Å². The number of benzene rings is 1. The second-order valence-corrected chi connectivity index (χ2v) is 5.13. The van der Waals surface area contributed by atoms with Crippen LogP contribution in [0.4, 0.5) is 0 Å². The number of alkyl halides is 1. The SMILES string of the molecule is OCc1cccc(OC[C@@H]2C[C@H](Cl)C[C@H]2O)c1. The summed E-state index contributed by atoms with van der Waals surface area (Å²) in [6.07, 6.45) is 1.08. The second-order valence-electron chi connectivity index (χ2n) is 4.51. The Kier molecular flexibility index (Phi) is 4.26. The molecule has 0 spiro atoms. The van der Waals surface area contributed by atoms with Gasteiger partial charge in [-0.2, -0.15) is 0 Å². The summed E-state index contributed by atoms with van der Waals surface area (Å²) in [4.78, 5) is 0. The number of hydrogen-bond acceptors (Lipinski definition) is 3. The standard InChI is InChI=1S/C13H17ClO3/c14-11-5-10(13(16)6-11)8-17-12-3-1-2-9(4-12)7-15/h1-4,10-11,13,15-16H,5-8H2/t10-,11-,13+/m0/s1. The average Bonchev–Trinajstić information content (AvgIpc) is 2.65. The fraction of sp³-hybridized carbons (Fsp3) is 0.538. The Morgan fingerprint density at radius 2 is 2.18 bits per heavy atom. The zero-order valence-corrected chi connectivity index (χ0v) is 10.3. The highest BCUT2D eigenvalue weighted by molar-refractivity contribution is 6.20. The van der Waals surface area contributed by atoms with Crippen molar-refractivity contribution in [2.45, 2.75) is 30.9 Å². The van der Waals surface area contributed by atoms with Crippen molar-refractivity contribution in [1.29, 1.82) is 0 Å². The van der Waals surface area contributed by atoms with Gasteiger partial charge in [-0.25, -0.2) is 0 Å². The maximum absolute atomic E-state index is 9.73. The molecule has 17 heavy (non-hydrogen) atoms. The molecule has 1 aromatic carbocycles. The molecular formula is C13H17ClO3. The molecule has 0 unspecified atom stereocenters. The molecule has 1 aliphatic carbocycles. The van der Waals surface area contributed by atoms with Crippen molar-refractivity contribution in [2.75, 3.05) is 6.61 Å². The van der Waals surface area contributed by atoms with E-state index in [4.69, 9.17) is 21.4 Å². The number of rotatable bonds is 4. The van der Waals surface area contributed by atoms with E-state index in [-0.39, 0.29) is 24.0 Å². The topological polar surface area (TPSA) is 49.7 Å². The van der Waals surface area contributed by atoms with Gasteiger partial charge in [0.05, 0.1) is 19.3 Å². The Balaban J connectivity index is 1.89. The first kappa shape index (κ1) is 12.7. The van der Waals surface area contributed by atoms with Gasteiger partial charge in [0.25, 0.3) is 0 Å². The van der Waals surface area contributed by atoms with Crippen molar-refractivity contribution in [3.8, 4) is 5.75 Å². The number of aliphatic hydroxyl groups excluding tert-OH is 2. The zero-order chi connectivity index (χ0) is 12.3. The minimum Gasteiger partial charge on any atom is -0.493 e. The van der Waals surface area contributed by atoms with Crippen LogP contribution in [0.5, 0.6) is 5.75 Å². The highest BCUT2D eigenvalue weighted by Crippen LogP contribution is 2.30. The van der Waals surface area contributed by atoms with Crippen molar-refractivity contribution in [2.24, 2.45) is 5.92 Å². The van der Waals surface area contributed by atoms with Crippen LogP contribution >= 0.6 is 11.6 Å². The molecule has 0 aromatic heterocycles. The molecule has 2 N–H and O–H groups in total. The quantitative estimate of drug-likeness (QED) is 0.810. The van der Waals surface area contributed by atoms with E-state index in [0.717, 1.165) is 17.7 Å². The molecule has 1 saturated carbocycles. The first-order valence-electron chi connectivity index (χ1n) is 5.83. The van der Waals surface area contributed by atoms with E-state index in [2.05, 4.69) is 0 Å². The molecule has 1 aromatic rings. The highest BCUT2D eigenvalue weighted by atomic mass is 35.5. The van der Waals surface area contributed by atoms with Gasteiger partial charge in [0.1, 0.15) is 5.75 Å². The van der Waals surface area contributed by atoms with E-state index < -0.39 is 0 Å². The van der Waals surface area contributed by atoms with E-state index >= 15 is 0 Å². The lowest BCUT2D eigenvalue weighted by molar-refractivity contribution is 0.0985. The molecule has 94 valence electrons. The summed E-state index contributed by atoms with van der Waals surface area (Å²) in [5, 5.41) is 18.8. The van der Waals surface area contributed by atoms with Crippen LogP contribution in [-0.4, -0.2) is 28.3 Å². The minimum absolute atomic E-state index is 0.00695. The fourth-order valence-electron chi connectivity index (χ4n) is 2.15. The summed E-state index contributed by atoms with van der Waals surface area (Å²) in [6, 6.07) is 7.33. The minimum atomic E-state index is -0.362. The van der Waals surface area contributed by atoms with Crippen LogP contribution in [0, 0.1) is 5.92 Å². The Bertz CT molecular complexity index is 369. The van der Waals surface area contributed by atoms with Crippen LogP contribution in [0.2, 0.25) is 0 Å². The third-order valence-electron chi connectivity index (χ3n) is 3.14. The highest BCUT2D eigenvalue weighted by Gasteiger charge is 2.32. The first-order chi connectivity index (χ1) is 8.19. The van der Waals surface area contributed by atoms with Crippen molar-refractivity contribution < 1.29 is 14.9 Å². The molecule has 1 aliphatic rings. The number of ether oxygens (including phenoxy) is 1. The Labute approximate surface area is 106 Å². The number of aliphatic hydroxyl groups is 2. The Hall–Kier alpha value is -0.770. The van der Waals surface area contributed by atoms with Crippen LogP contribution in [0.1, 0.15) is 18.4 Å². The predicted molar refractivity (Wildman–Crippen MR) is 66.2 cm³/mol. The average molecular weight is 257 g/mol. The van der Waals surface area contributed by atoms with E-state index in [1.165, 1.54) is 0 Å². The van der Waals surface area contributed by atoms with Gasteiger partial charge in [0.15, 0.2) is 0 Å². The Morgan fingerprint density at radius 1 is 1.35 bits per heavy atom. The van der Waals surface area contributed by atoms with Gasteiger partial charge in [-0.15, -0.1) is 11.6 Å². The van der Waals surface area contributed by atoms with Crippen LogP contribution in [0.25, 0.3) is 0 Å². The lowest BCUT2D eigenvalue weighted by Gasteiger charge is -2.15. The molecule has 0 heterocycles. The smallest absolute Gasteiger partial charge is 0.119 e. The first-order valence-corrected chi connectivity index (χ1v) is 6.27. The number of hydrogen-bond donors (Lipinski definition) is 2. The lowest BCUT2D eigenvalue weighted by atomic mass is 10.1. The predicted octanol–water partition coefficient (Wildman–Crippen LogP) is 1.94. The van der Waals surface area contributed by atoms with Gasteiger partial charge >= 0.3 is 0 Å². The van der Waals surface area contributed by atoms with Crippen molar-refractivity contribution >= 4 is 11.6 Å². The number of halogens is 1. The van der Waals surface area contributed by atoms with E-state index in [1.807, 2.05) is 18.2 Å². The molecule has 3 nitrogen and oxygen atoms in total. The van der Waals surface area contributed by atoms with Gasteiger partial charge in [0, 0.05) is 11.3 Å². The molecule has 0 amide bonds. The van der Waals surface area contributed by atoms with Gasteiger partial charge < -0.3 is 14.9 Å². The monoisotopic (exact) mass is 256 g/mol. The summed E-state index contributed by atoms with van der Waals surface area (Å²) >= 11 is 5.98. The molecule has 2 rings (SSSR count). The van der Waals surface area contributed by atoms with Crippen LogP contribution < -0.4 is 4.74 Å². The van der Waals surface area contributed by atoms with Crippen LogP contribution in [-0.2, 0) is 6.61 Å². The van der Waals surface area contributed by atoms with E-state index in [0.29, 0.717) is 13.0 Å². The van der Waals surface area contributed by atoms with E-state index in [1.54, 1.807) is 6.07 Å². The molecule has 0 saturated heterocycles.